The Bertz CT molecular complexity index is 88.9. The second-order valence-corrected chi connectivity index (χ2v) is 2.98. The van der Waals surface area contributed by atoms with Crippen LogP contribution in [0.3, 0.4) is 0 Å². The summed E-state index contributed by atoms with van der Waals surface area (Å²) in [4.78, 5) is 2.38. The number of nitrogens with zero attached hydrogens (tertiary/aromatic N) is 1. The standard InChI is InChI=1S/C7H16N2/c1-6(5-8)9(2)7-3-4-7/h6-7H,3-5,8H2,1-2H3/t6-/m0/s1. The highest BCUT2D eigenvalue weighted by molar-refractivity contribution is 4.85. The molecule has 0 aromatic rings. The maximum atomic E-state index is 5.50. The molecule has 2 heteroatoms. The third kappa shape index (κ3) is 1.66. The molecule has 0 spiro atoms. The van der Waals surface area contributed by atoms with Gasteiger partial charge in [0.05, 0.1) is 0 Å². The lowest BCUT2D eigenvalue weighted by Gasteiger charge is -2.22. The minimum Gasteiger partial charge on any atom is -0.329 e. The van der Waals surface area contributed by atoms with Gasteiger partial charge >= 0.3 is 0 Å². The molecule has 0 aromatic carbocycles. The van der Waals surface area contributed by atoms with Gasteiger partial charge in [-0.3, -0.25) is 4.90 Å². The van der Waals surface area contributed by atoms with Gasteiger partial charge in [-0.2, -0.15) is 0 Å². The highest BCUT2D eigenvalue weighted by Crippen LogP contribution is 2.26. The third-order valence-electron chi connectivity index (χ3n) is 2.16. The van der Waals surface area contributed by atoms with Gasteiger partial charge in [-0.05, 0) is 26.8 Å². The van der Waals surface area contributed by atoms with Crippen LogP contribution in [0.1, 0.15) is 19.8 Å². The average molecular weight is 128 g/mol. The van der Waals surface area contributed by atoms with E-state index in [1.54, 1.807) is 0 Å². The summed E-state index contributed by atoms with van der Waals surface area (Å²) in [5.41, 5.74) is 5.50. The third-order valence-corrected chi connectivity index (χ3v) is 2.16. The lowest BCUT2D eigenvalue weighted by molar-refractivity contribution is 0.253. The lowest BCUT2D eigenvalue weighted by Crippen LogP contribution is -2.36. The van der Waals surface area contributed by atoms with Crippen LogP contribution < -0.4 is 5.73 Å². The van der Waals surface area contributed by atoms with Crippen molar-refractivity contribution < 1.29 is 0 Å². The van der Waals surface area contributed by atoms with E-state index in [0.717, 1.165) is 12.6 Å². The maximum absolute atomic E-state index is 5.50. The van der Waals surface area contributed by atoms with Crippen LogP contribution in [-0.4, -0.2) is 30.6 Å². The highest BCUT2D eigenvalue weighted by Gasteiger charge is 2.28. The Balaban J connectivity index is 2.22. The first-order chi connectivity index (χ1) is 4.25. The van der Waals surface area contributed by atoms with Crippen LogP contribution in [0.4, 0.5) is 0 Å². The largest absolute Gasteiger partial charge is 0.329 e. The van der Waals surface area contributed by atoms with Crippen molar-refractivity contribution in [3.63, 3.8) is 0 Å². The molecule has 2 nitrogen and oxygen atoms in total. The Morgan fingerprint density at radius 1 is 1.67 bits per heavy atom. The van der Waals surface area contributed by atoms with Crippen molar-refractivity contribution in [2.75, 3.05) is 13.6 Å². The maximum Gasteiger partial charge on any atom is 0.0190 e. The van der Waals surface area contributed by atoms with E-state index in [9.17, 15) is 0 Å². The Morgan fingerprint density at radius 2 is 2.22 bits per heavy atom. The molecule has 1 atom stereocenters. The molecule has 0 aliphatic heterocycles. The van der Waals surface area contributed by atoms with Gasteiger partial charge in [0, 0.05) is 18.6 Å². The molecule has 1 aliphatic rings. The molecule has 0 saturated heterocycles. The van der Waals surface area contributed by atoms with Crippen molar-refractivity contribution in [1.82, 2.24) is 4.90 Å². The second kappa shape index (κ2) is 2.67. The number of hydrogen-bond acceptors (Lipinski definition) is 2. The van der Waals surface area contributed by atoms with Gasteiger partial charge in [-0.25, -0.2) is 0 Å². The average Bonchev–Trinajstić information content (AvgIpc) is 2.66. The van der Waals surface area contributed by atoms with Crippen molar-refractivity contribution in [1.29, 1.82) is 0 Å². The van der Waals surface area contributed by atoms with E-state index in [1.165, 1.54) is 12.8 Å². The molecular formula is C7H16N2. The summed E-state index contributed by atoms with van der Waals surface area (Å²) >= 11 is 0. The van der Waals surface area contributed by atoms with E-state index in [1.807, 2.05) is 0 Å². The van der Waals surface area contributed by atoms with Crippen molar-refractivity contribution >= 4 is 0 Å². The smallest absolute Gasteiger partial charge is 0.0190 e. The van der Waals surface area contributed by atoms with E-state index in [-0.39, 0.29) is 0 Å². The molecule has 54 valence electrons. The Labute approximate surface area is 57.0 Å². The van der Waals surface area contributed by atoms with Crippen LogP contribution in [-0.2, 0) is 0 Å². The fourth-order valence-electron chi connectivity index (χ4n) is 1.01. The molecule has 0 unspecified atom stereocenters. The molecule has 1 aliphatic carbocycles. The number of likely N-dealkylation sites (N-methyl/N-ethyl adjacent to an activating group) is 1. The van der Waals surface area contributed by atoms with Crippen molar-refractivity contribution in [2.24, 2.45) is 5.73 Å². The monoisotopic (exact) mass is 128 g/mol. The summed E-state index contributed by atoms with van der Waals surface area (Å²) in [6.45, 7) is 2.96. The fourth-order valence-corrected chi connectivity index (χ4v) is 1.01. The summed E-state index contributed by atoms with van der Waals surface area (Å²) in [5, 5.41) is 0. The predicted molar refractivity (Wildman–Crippen MR) is 39.3 cm³/mol. The van der Waals surface area contributed by atoms with E-state index in [0.29, 0.717) is 6.04 Å². The summed E-state index contributed by atoms with van der Waals surface area (Å²) in [6.07, 6.45) is 2.75. The number of nitrogens with two attached hydrogens (primary N) is 1. The van der Waals surface area contributed by atoms with Gasteiger partial charge in [-0.1, -0.05) is 0 Å². The van der Waals surface area contributed by atoms with Gasteiger partial charge in [-0.15, -0.1) is 0 Å². The summed E-state index contributed by atoms with van der Waals surface area (Å²) in [7, 11) is 2.16. The van der Waals surface area contributed by atoms with Crippen molar-refractivity contribution in [3.05, 3.63) is 0 Å². The van der Waals surface area contributed by atoms with Gasteiger partial charge in [0.1, 0.15) is 0 Å². The number of rotatable bonds is 3. The van der Waals surface area contributed by atoms with Gasteiger partial charge in [0.25, 0.3) is 0 Å². The quantitative estimate of drug-likeness (QED) is 0.597. The van der Waals surface area contributed by atoms with Crippen molar-refractivity contribution in [2.45, 2.75) is 31.8 Å². The van der Waals surface area contributed by atoms with Gasteiger partial charge in [0.2, 0.25) is 0 Å². The van der Waals surface area contributed by atoms with Crippen LogP contribution in [0.15, 0.2) is 0 Å². The predicted octanol–water partition coefficient (Wildman–Crippen LogP) is 0.428. The molecule has 2 N–H and O–H groups in total. The van der Waals surface area contributed by atoms with Crippen LogP contribution in [0, 0.1) is 0 Å². The fraction of sp³-hybridized carbons (Fsp3) is 1.00. The summed E-state index contributed by atoms with van der Waals surface area (Å²) in [6, 6.07) is 1.42. The zero-order chi connectivity index (χ0) is 6.85. The molecule has 9 heavy (non-hydrogen) atoms. The molecular weight excluding hydrogens is 112 g/mol. The van der Waals surface area contributed by atoms with E-state index in [4.69, 9.17) is 5.73 Å². The van der Waals surface area contributed by atoms with Gasteiger partial charge < -0.3 is 5.73 Å². The van der Waals surface area contributed by atoms with E-state index < -0.39 is 0 Å². The Kier molecular flexibility index (Phi) is 2.09. The van der Waals surface area contributed by atoms with E-state index >= 15 is 0 Å². The summed E-state index contributed by atoms with van der Waals surface area (Å²) < 4.78 is 0. The molecule has 1 saturated carbocycles. The second-order valence-electron chi connectivity index (χ2n) is 2.98. The summed E-state index contributed by atoms with van der Waals surface area (Å²) in [5.74, 6) is 0. The number of hydrogen-bond donors (Lipinski definition) is 1. The first-order valence-corrected chi connectivity index (χ1v) is 3.67. The molecule has 0 heterocycles. The molecule has 0 amide bonds. The lowest BCUT2D eigenvalue weighted by atomic mass is 10.3. The van der Waals surface area contributed by atoms with Gasteiger partial charge in [0.15, 0.2) is 0 Å². The van der Waals surface area contributed by atoms with E-state index in [2.05, 4.69) is 18.9 Å². The van der Waals surface area contributed by atoms with Crippen LogP contribution in [0.5, 0.6) is 0 Å². The Morgan fingerprint density at radius 3 is 2.56 bits per heavy atom. The van der Waals surface area contributed by atoms with Crippen molar-refractivity contribution in [3.8, 4) is 0 Å². The SMILES string of the molecule is C[C@@H](CN)N(C)C1CC1. The zero-order valence-electron chi connectivity index (χ0n) is 6.30. The Hall–Kier alpha value is -0.0800. The van der Waals surface area contributed by atoms with Crippen LogP contribution >= 0.6 is 0 Å². The molecule has 1 rings (SSSR count). The molecule has 0 bridgehead atoms. The molecule has 0 radical (unpaired) electrons. The van der Waals surface area contributed by atoms with Crippen LogP contribution in [0.2, 0.25) is 0 Å². The minimum absolute atomic E-state index is 0.567. The van der Waals surface area contributed by atoms with Crippen LogP contribution in [0.25, 0.3) is 0 Å². The first kappa shape index (κ1) is 7.03. The first-order valence-electron chi connectivity index (χ1n) is 3.67. The molecule has 0 aromatic heterocycles. The highest BCUT2D eigenvalue weighted by atomic mass is 15.2. The normalized spacial score (nSPS) is 22.7. The zero-order valence-corrected chi connectivity index (χ0v) is 6.30. The topological polar surface area (TPSA) is 29.3 Å². The molecule has 1 fully saturated rings. The minimum atomic E-state index is 0.567.